The van der Waals surface area contributed by atoms with E-state index in [4.69, 9.17) is 4.74 Å². The summed E-state index contributed by atoms with van der Waals surface area (Å²) in [4.78, 5) is 4.24. The van der Waals surface area contributed by atoms with E-state index in [9.17, 15) is 31.1 Å². The third kappa shape index (κ3) is 4.79. The number of pyridine rings is 1. The minimum Gasteiger partial charge on any atom is -0.493 e. The standard InChI is InChI=1S/C22H18F4N2O4S/c23-15-5-7-19(28-33(30,31)22(24,25)26)18(11-15)13-4-6-17-20(10-13)32-12-14(21(17)29)9-16-3-1-2-8-27-16/h1-8,10-11,14,21,28-29H,9,12H2. The maximum absolute atomic E-state index is 13.9. The average molecular weight is 482 g/mol. The summed E-state index contributed by atoms with van der Waals surface area (Å²) in [6, 6.07) is 12.5. The maximum Gasteiger partial charge on any atom is 0.516 e. The highest BCUT2D eigenvalue weighted by atomic mass is 32.2. The lowest BCUT2D eigenvalue weighted by Gasteiger charge is -2.30. The van der Waals surface area contributed by atoms with Gasteiger partial charge < -0.3 is 9.84 Å². The molecular weight excluding hydrogens is 464 g/mol. The number of ether oxygens (including phenoxy) is 1. The molecule has 1 aromatic heterocycles. The van der Waals surface area contributed by atoms with Gasteiger partial charge >= 0.3 is 15.5 Å². The van der Waals surface area contributed by atoms with Crippen molar-refractivity contribution in [2.45, 2.75) is 18.0 Å². The molecule has 2 aromatic carbocycles. The topological polar surface area (TPSA) is 88.5 Å². The number of nitrogens with zero attached hydrogens (tertiary/aromatic N) is 1. The van der Waals surface area contributed by atoms with Crippen LogP contribution in [0.25, 0.3) is 11.1 Å². The van der Waals surface area contributed by atoms with Gasteiger partial charge in [-0.3, -0.25) is 9.71 Å². The SMILES string of the molecule is O=S(=O)(Nc1ccc(F)cc1-c1ccc2c(c1)OCC(Cc1ccccn1)C2O)C(F)(F)F. The maximum atomic E-state index is 13.9. The lowest BCUT2D eigenvalue weighted by molar-refractivity contribution is -0.0429. The zero-order valence-electron chi connectivity index (χ0n) is 16.9. The van der Waals surface area contributed by atoms with E-state index >= 15 is 0 Å². The molecule has 2 heterocycles. The summed E-state index contributed by atoms with van der Waals surface area (Å²) in [5.74, 6) is -0.776. The van der Waals surface area contributed by atoms with Crippen molar-refractivity contribution in [1.29, 1.82) is 0 Å². The number of aliphatic hydroxyl groups is 1. The van der Waals surface area contributed by atoms with Crippen LogP contribution in [0.1, 0.15) is 17.4 Å². The number of hydrogen-bond donors (Lipinski definition) is 2. The molecule has 0 bridgehead atoms. The van der Waals surface area contributed by atoms with Crippen LogP contribution in [0.15, 0.2) is 60.8 Å². The summed E-state index contributed by atoms with van der Waals surface area (Å²) in [5.41, 5.74) is -4.64. The number of aliphatic hydroxyl groups excluding tert-OH is 1. The van der Waals surface area contributed by atoms with Crippen LogP contribution in [-0.4, -0.2) is 30.6 Å². The molecule has 33 heavy (non-hydrogen) atoms. The predicted molar refractivity (Wildman–Crippen MR) is 112 cm³/mol. The van der Waals surface area contributed by atoms with Gasteiger partial charge in [0.1, 0.15) is 11.6 Å². The second-order valence-electron chi connectivity index (χ2n) is 7.53. The van der Waals surface area contributed by atoms with Gasteiger partial charge in [-0.15, -0.1) is 0 Å². The van der Waals surface area contributed by atoms with Gasteiger partial charge in [0.2, 0.25) is 0 Å². The van der Waals surface area contributed by atoms with E-state index in [1.807, 2.05) is 12.1 Å². The van der Waals surface area contributed by atoms with Gasteiger partial charge in [0.25, 0.3) is 0 Å². The van der Waals surface area contributed by atoms with Crippen LogP contribution in [0.3, 0.4) is 0 Å². The third-order valence-corrected chi connectivity index (χ3v) is 6.37. The lowest BCUT2D eigenvalue weighted by atomic mass is 9.88. The average Bonchev–Trinajstić information content (AvgIpc) is 2.76. The molecule has 0 saturated carbocycles. The number of nitrogens with one attached hydrogen (secondary N) is 1. The molecule has 2 atom stereocenters. The monoisotopic (exact) mass is 482 g/mol. The van der Waals surface area contributed by atoms with Gasteiger partial charge in [0, 0.05) is 28.9 Å². The van der Waals surface area contributed by atoms with Crippen LogP contribution in [0, 0.1) is 11.7 Å². The second-order valence-corrected chi connectivity index (χ2v) is 9.21. The number of alkyl halides is 3. The largest absolute Gasteiger partial charge is 0.516 e. The van der Waals surface area contributed by atoms with Crippen molar-refractivity contribution in [3.05, 3.63) is 77.9 Å². The molecular formula is C22H18F4N2O4S. The molecule has 0 aliphatic carbocycles. The van der Waals surface area contributed by atoms with E-state index < -0.39 is 33.1 Å². The first-order chi connectivity index (χ1) is 15.5. The number of sulfonamides is 1. The number of rotatable bonds is 5. The molecule has 0 amide bonds. The highest BCUT2D eigenvalue weighted by molar-refractivity contribution is 7.93. The van der Waals surface area contributed by atoms with Crippen molar-refractivity contribution >= 4 is 15.7 Å². The summed E-state index contributed by atoms with van der Waals surface area (Å²) >= 11 is 0. The van der Waals surface area contributed by atoms with Gasteiger partial charge in [0.15, 0.2) is 0 Å². The van der Waals surface area contributed by atoms with Gasteiger partial charge in [-0.2, -0.15) is 21.6 Å². The van der Waals surface area contributed by atoms with E-state index in [1.165, 1.54) is 22.9 Å². The van der Waals surface area contributed by atoms with Crippen LogP contribution in [0.5, 0.6) is 5.75 Å². The minimum atomic E-state index is -5.71. The molecule has 3 aromatic rings. The fraction of sp³-hybridized carbons (Fsp3) is 0.227. The first-order valence-electron chi connectivity index (χ1n) is 9.79. The molecule has 2 unspecified atom stereocenters. The molecule has 0 fully saturated rings. The molecule has 6 nitrogen and oxygen atoms in total. The zero-order chi connectivity index (χ0) is 23.8. The Morgan fingerprint density at radius 3 is 2.61 bits per heavy atom. The zero-order valence-corrected chi connectivity index (χ0v) is 17.7. The Morgan fingerprint density at radius 1 is 1.12 bits per heavy atom. The van der Waals surface area contributed by atoms with E-state index in [1.54, 1.807) is 12.3 Å². The first kappa shape index (κ1) is 23.0. The Kier molecular flexibility index (Phi) is 6.02. The molecule has 2 N–H and O–H groups in total. The Balaban J connectivity index is 1.65. The van der Waals surface area contributed by atoms with Gasteiger partial charge in [-0.25, -0.2) is 4.39 Å². The predicted octanol–water partition coefficient (Wildman–Crippen LogP) is 4.43. The van der Waals surface area contributed by atoms with Crippen molar-refractivity contribution in [2.24, 2.45) is 5.92 Å². The van der Waals surface area contributed by atoms with E-state index in [-0.39, 0.29) is 29.4 Å². The summed E-state index contributed by atoms with van der Waals surface area (Å²) in [6.07, 6.45) is 1.23. The molecule has 4 rings (SSSR count). The molecule has 174 valence electrons. The van der Waals surface area contributed by atoms with Gasteiger partial charge in [-0.1, -0.05) is 18.2 Å². The summed E-state index contributed by atoms with van der Waals surface area (Å²) in [6.45, 7) is 0.158. The number of anilines is 1. The molecule has 1 aliphatic rings. The van der Waals surface area contributed by atoms with Crippen molar-refractivity contribution in [1.82, 2.24) is 4.98 Å². The Labute approximate surface area is 186 Å². The van der Waals surface area contributed by atoms with Crippen LogP contribution in [-0.2, 0) is 16.4 Å². The number of halogens is 4. The third-order valence-electron chi connectivity index (χ3n) is 5.27. The normalized spacial score (nSPS) is 18.3. The van der Waals surface area contributed by atoms with E-state index in [2.05, 4.69) is 4.98 Å². The van der Waals surface area contributed by atoms with E-state index in [0.717, 1.165) is 23.9 Å². The molecule has 0 spiro atoms. The highest BCUT2D eigenvalue weighted by Crippen LogP contribution is 2.41. The number of fused-ring (bicyclic) bond motifs is 1. The summed E-state index contributed by atoms with van der Waals surface area (Å²) in [7, 11) is -5.71. The Hall–Kier alpha value is -3.18. The van der Waals surface area contributed by atoms with Crippen molar-refractivity contribution < 1.29 is 35.8 Å². The molecule has 1 aliphatic heterocycles. The summed E-state index contributed by atoms with van der Waals surface area (Å²) < 4.78 is 82.7. The van der Waals surface area contributed by atoms with Crippen LogP contribution < -0.4 is 9.46 Å². The fourth-order valence-corrected chi connectivity index (χ4v) is 4.20. The second kappa shape index (κ2) is 8.64. The Morgan fingerprint density at radius 2 is 1.91 bits per heavy atom. The van der Waals surface area contributed by atoms with E-state index in [0.29, 0.717) is 12.0 Å². The molecule has 0 saturated heterocycles. The van der Waals surface area contributed by atoms with Crippen molar-refractivity contribution in [3.8, 4) is 16.9 Å². The summed E-state index contributed by atoms with van der Waals surface area (Å²) in [5, 5.41) is 10.8. The lowest BCUT2D eigenvalue weighted by Crippen LogP contribution is -2.30. The van der Waals surface area contributed by atoms with Crippen molar-refractivity contribution in [3.63, 3.8) is 0 Å². The number of aromatic nitrogens is 1. The molecule has 11 heteroatoms. The fourth-order valence-electron chi connectivity index (χ4n) is 3.62. The smallest absolute Gasteiger partial charge is 0.493 e. The minimum absolute atomic E-state index is 0.112. The molecule has 0 radical (unpaired) electrons. The quantitative estimate of drug-likeness (QED) is 0.526. The van der Waals surface area contributed by atoms with Crippen molar-refractivity contribution in [2.75, 3.05) is 11.3 Å². The van der Waals surface area contributed by atoms with Crippen LogP contribution in [0.2, 0.25) is 0 Å². The highest BCUT2D eigenvalue weighted by Gasteiger charge is 2.46. The van der Waals surface area contributed by atoms with Gasteiger partial charge in [0.05, 0.1) is 18.4 Å². The number of hydrogen-bond acceptors (Lipinski definition) is 5. The first-order valence-corrected chi connectivity index (χ1v) is 11.3. The van der Waals surface area contributed by atoms with Crippen LogP contribution in [0.4, 0.5) is 23.2 Å². The Bertz CT molecular complexity index is 1270. The van der Waals surface area contributed by atoms with Gasteiger partial charge in [-0.05, 0) is 48.4 Å². The number of benzene rings is 2. The van der Waals surface area contributed by atoms with Crippen LogP contribution >= 0.6 is 0 Å².